The Kier molecular flexibility index (Phi) is 6.03. The Hall–Kier alpha value is -2.34. The second-order valence-corrected chi connectivity index (χ2v) is 10.0. The van der Waals surface area contributed by atoms with Gasteiger partial charge in [-0.05, 0) is 67.2 Å². The lowest BCUT2D eigenvalue weighted by Crippen LogP contribution is -2.27. The maximum absolute atomic E-state index is 12.5. The van der Waals surface area contributed by atoms with Gasteiger partial charge >= 0.3 is 0 Å². The van der Waals surface area contributed by atoms with Crippen LogP contribution in [0, 0.1) is 25.2 Å². The van der Waals surface area contributed by atoms with Crippen molar-refractivity contribution in [3.63, 3.8) is 0 Å². The van der Waals surface area contributed by atoms with Gasteiger partial charge in [-0.15, -0.1) is 11.3 Å². The molecule has 1 aromatic heterocycles. The van der Waals surface area contributed by atoms with E-state index in [1.807, 2.05) is 32.0 Å². The van der Waals surface area contributed by atoms with Gasteiger partial charge in [0.15, 0.2) is 6.61 Å². The Morgan fingerprint density at radius 2 is 2.00 bits per heavy atom. The predicted octanol–water partition coefficient (Wildman–Crippen LogP) is 4.63. The molecule has 0 saturated carbocycles. The number of fused-ring (bicyclic) bond motifs is 1. The summed E-state index contributed by atoms with van der Waals surface area (Å²) in [7, 11) is 0. The third-order valence-corrected chi connectivity index (χ3v) is 7.07. The molecule has 0 bridgehead atoms. The quantitative estimate of drug-likeness (QED) is 0.748. The Morgan fingerprint density at radius 3 is 2.66 bits per heavy atom. The van der Waals surface area contributed by atoms with Crippen LogP contribution in [0.3, 0.4) is 0 Å². The van der Waals surface area contributed by atoms with Gasteiger partial charge < -0.3 is 15.8 Å². The number of hydrogen-bond donors (Lipinski definition) is 2. The lowest BCUT2D eigenvalue weighted by molar-refractivity contribution is -0.118. The van der Waals surface area contributed by atoms with Crippen molar-refractivity contribution < 1.29 is 14.3 Å². The molecule has 1 aliphatic rings. The first kappa shape index (κ1) is 21.4. The Bertz CT molecular complexity index is 940. The van der Waals surface area contributed by atoms with Crippen LogP contribution in [0.25, 0.3) is 0 Å². The molecule has 0 radical (unpaired) electrons. The average Bonchev–Trinajstić information content (AvgIpc) is 2.99. The molecule has 6 heteroatoms. The number of anilines is 1. The molecule has 3 N–H and O–H groups in total. The molecule has 5 nitrogen and oxygen atoms in total. The molecule has 3 rings (SSSR count). The topological polar surface area (TPSA) is 81.4 Å². The number of carbonyl (C=O) groups is 2. The third-order valence-electron chi connectivity index (χ3n) is 5.90. The highest BCUT2D eigenvalue weighted by atomic mass is 32.1. The van der Waals surface area contributed by atoms with E-state index in [1.165, 1.54) is 11.3 Å². The smallest absolute Gasteiger partial charge is 0.262 e. The molecule has 2 aromatic rings. The van der Waals surface area contributed by atoms with Crippen LogP contribution in [0.5, 0.6) is 5.75 Å². The molecule has 0 unspecified atom stereocenters. The SMILES string of the molecule is Cc1cccc(OCC(=O)Nc2sc3c(c2C(N)=O)CC[C@H](C(C)(C)C)C3)c1C. The molecular formula is C23H30N2O3S. The van der Waals surface area contributed by atoms with E-state index in [1.54, 1.807) is 0 Å². The summed E-state index contributed by atoms with van der Waals surface area (Å²) in [5, 5.41) is 3.41. The van der Waals surface area contributed by atoms with Crippen LogP contribution in [0.15, 0.2) is 18.2 Å². The minimum Gasteiger partial charge on any atom is -0.483 e. The zero-order chi connectivity index (χ0) is 21.3. The summed E-state index contributed by atoms with van der Waals surface area (Å²) >= 11 is 1.48. The molecule has 0 fully saturated rings. The maximum Gasteiger partial charge on any atom is 0.262 e. The van der Waals surface area contributed by atoms with Crippen molar-refractivity contribution in [3.05, 3.63) is 45.3 Å². The molecule has 1 aromatic carbocycles. The first-order valence-electron chi connectivity index (χ1n) is 10.0. The third kappa shape index (κ3) is 4.64. The number of benzene rings is 1. The minimum absolute atomic E-state index is 0.115. The highest BCUT2D eigenvalue weighted by Crippen LogP contribution is 2.44. The first-order chi connectivity index (χ1) is 13.6. The van der Waals surface area contributed by atoms with Crippen LogP contribution < -0.4 is 15.8 Å². The highest BCUT2D eigenvalue weighted by Gasteiger charge is 2.33. The van der Waals surface area contributed by atoms with E-state index in [0.29, 0.717) is 22.2 Å². The number of ether oxygens (including phenoxy) is 1. The second kappa shape index (κ2) is 8.19. The molecule has 29 heavy (non-hydrogen) atoms. The summed E-state index contributed by atoms with van der Waals surface area (Å²) in [4.78, 5) is 25.8. The summed E-state index contributed by atoms with van der Waals surface area (Å²) in [6.07, 6.45) is 2.76. The standard InChI is InChI=1S/C23H30N2O3S/c1-13-7-6-8-17(14(13)2)28-12-19(26)25-22-20(21(24)27)16-10-9-15(23(3,4)5)11-18(16)29-22/h6-8,15H,9-12H2,1-5H3,(H2,24,27)(H,25,26)/t15-/m0/s1. The number of amides is 2. The number of primary amides is 1. The van der Waals surface area contributed by atoms with Crippen LogP contribution in [0.1, 0.15) is 59.1 Å². The summed E-state index contributed by atoms with van der Waals surface area (Å²) in [5.41, 5.74) is 9.47. The second-order valence-electron chi connectivity index (χ2n) is 8.91. The zero-order valence-electron chi connectivity index (χ0n) is 17.8. The van der Waals surface area contributed by atoms with Gasteiger partial charge in [-0.3, -0.25) is 9.59 Å². The van der Waals surface area contributed by atoms with Crippen molar-refractivity contribution in [2.24, 2.45) is 17.1 Å². The zero-order valence-corrected chi connectivity index (χ0v) is 18.7. The molecule has 0 spiro atoms. The highest BCUT2D eigenvalue weighted by molar-refractivity contribution is 7.17. The largest absolute Gasteiger partial charge is 0.483 e. The maximum atomic E-state index is 12.5. The predicted molar refractivity (Wildman–Crippen MR) is 118 cm³/mol. The molecule has 2 amide bonds. The molecular weight excluding hydrogens is 384 g/mol. The van der Waals surface area contributed by atoms with Gasteiger partial charge in [0.2, 0.25) is 0 Å². The normalized spacial score (nSPS) is 16.2. The Labute approximate surface area is 176 Å². The van der Waals surface area contributed by atoms with Crippen LogP contribution in [0.4, 0.5) is 5.00 Å². The van der Waals surface area contributed by atoms with Gasteiger partial charge in [0, 0.05) is 4.88 Å². The Balaban J connectivity index is 1.75. The van der Waals surface area contributed by atoms with E-state index in [-0.39, 0.29) is 17.9 Å². The van der Waals surface area contributed by atoms with Crippen LogP contribution in [-0.4, -0.2) is 18.4 Å². The van der Waals surface area contributed by atoms with Crippen molar-refractivity contribution in [1.29, 1.82) is 0 Å². The number of nitrogens with two attached hydrogens (primary N) is 1. The van der Waals surface area contributed by atoms with Crippen LogP contribution in [0.2, 0.25) is 0 Å². The van der Waals surface area contributed by atoms with Crippen molar-refractivity contribution >= 4 is 28.2 Å². The molecule has 1 aliphatic carbocycles. The number of carbonyl (C=O) groups excluding carboxylic acids is 2. The van der Waals surface area contributed by atoms with Crippen LogP contribution >= 0.6 is 11.3 Å². The van der Waals surface area contributed by atoms with E-state index >= 15 is 0 Å². The first-order valence-corrected chi connectivity index (χ1v) is 10.8. The molecule has 1 atom stereocenters. The van der Waals surface area contributed by atoms with E-state index in [0.717, 1.165) is 40.8 Å². The number of rotatable bonds is 5. The molecule has 1 heterocycles. The molecule has 156 valence electrons. The number of thiophene rings is 1. The van der Waals surface area contributed by atoms with Gasteiger partial charge in [-0.2, -0.15) is 0 Å². The number of hydrogen-bond acceptors (Lipinski definition) is 4. The van der Waals surface area contributed by atoms with E-state index in [2.05, 4.69) is 26.1 Å². The average molecular weight is 415 g/mol. The summed E-state index contributed by atoms with van der Waals surface area (Å²) in [6, 6.07) is 5.75. The number of nitrogens with one attached hydrogen (secondary N) is 1. The Morgan fingerprint density at radius 1 is 1.28 bits per heavy atom. The van der Waals surface area contributed by atoms with Crippen molar-refractivity contribution in [2.45, 2.75) is 53.9 Å². The van der Waals surface area contributed by atoms with Crippen LogP contribution in [-0.2, 0) is 17.6 Å². The van der Waals surface area contributed by atoms with Crippen molar-refractivity contribution in [2.75, 3.05) is 11.9 Å². The van der Waals surface area contributed by atoms with Gasteiger partial charge in [0.25, 0.3) is 11.8 Å². The van der Waals surface area contributed by atoms with Crippen molar-refractivity contribution in [3.8, 4) is 5.75 Å². The van der Waals surface area contributed by atoms with E-state index in [4.69, 9.17) is 10.5 Å². The fourth-order valence-corrected chi connectivity index (χ4v) is 5.21. The van der Waals surface area contributed by atoms with Gasteiger partial charge in [-0.25, -0.2) is 0 Å². The molecule has 0 aliphatic heterocycles. The summed E-state index contributed by atoms with van der Waals surface area (Å²) in [6.45, 7) is 10.6. The number of aryl methyl sites for hydroxylation is 1. The van der Waals surface area contributed by atoms with E-state index in [9.17, 15) is 9.59 Å². The van der Waals surface area contributed by atoms with Crippen molar-refractivity contribution in [1.82, 2.24) is 0 Å². The van der Waals surface area contributed by atoms with Gasteiger partial charge in [-0.1, -0.05) is 32.9 Å². The lowest BCUT2D eigenvalue weighted by Gasteiger charge is -2.33. The minimum atomic E-state index is -0.484. The fourth-order valence-electron chi connectivity index (χ4n) is 3.86. The summed E-state index contributed by atoms with van der Waals surface area (Å²) in [5.74, 6) is 0.459. The molecule has 0 saturated heterocycles. The van der Waals surface area contributed by atoms with Gasteiger partial charge in [0.05, 0.1) is 5.56 Å². The lowest BCUT2D eigenvalue weighted by atomic mass is 9.72. The fraction of sp³-hybridized carbons (Fsp3) is 0.478. The summed E-state index contributed by atoms with van der Waals surface area (Å²) < 4.78 is 5.69. The monoisotopic (exact) mass is 414 g/mol. The van der Waals surface area contributed by atoms with Gasteiger partial charge in [0.1, 0.15) is 10.8 Å². The van der Waals surface area contributed by atoms with E-state index < -0.39 is 5.91 Å².